The number of rotatable bonds is 3. The summed E-state index contributed by atoms with van der Waals surface area (Å²) in [6.07, 6.45) is 2.79. The molecule has 0 aromatic heterocycles. The molecule has 0 bridgehead atoms. The van der Waals surface area contributed by atoms with Crippen molar-refractivity contribution in [3.63, 3.8) is 0 Å². The Balaban J connectivity index is 1.72. The summed E-state index contributed by atoms with van der Waals surface area (Å²) in [5, 5.41) is 6.91. The normalized spacial score (nSPS) is 32.3. The van der Waals surface area contributed by atoms with Crippen molar-refractivity contribution in [2.24, 2.45) is 5.92 Å². The van der Waals surface area contributed by atoms with Crippen LogP contribution in [0.3, 0.4) is 0 Å². The number of hydrogen-bond donors (Lipinski definition) is 2. The second-order valence-electron chi connectivity index (χ2n) is 4.53. The minimum absolute atomic E-state index is 0.795. The molecule has 2 heteroatoms. The Bertz CT molecular complexity index is 214. The Morgan fingerprint density at radius 3 is 2.62 bits per heavy atom. The minimum atomic E-state index is 0.795. The lowest BCUT2D eigenvalue weighted by Gasteiger charge is -2.35. The second kappa shape index (κ2) is 3.81. The molecule has 1 saturated carbocycles. The van der Waals surface area contributed by atoms with Crippen LogP contribution in [0.15, 0.2) is 11.1 Å². The lowest BCUT2D eigenvalue weighted by Crippen LogP contribution is -2.44. The molecule has 13 heavy (non-hydrogen) atoms. The summed E-state index contributed by atoms with van der Waals surface area (Å²) in [7, 11) is 0. The first kappa shape index (κ1) is 9.22. The molecule has 0 aromatic rings. The Labute approximate surface area is 80.8 Å². The van der Waals surface area contributed by atoms with Gasteiger partial charge < -0.3 is 10.6 Å². The maximum atomic E-state index is 3.63. The molecule has 2 atom stereocenters. The molecule has 0 spiro atoms. The average molecular weight is 180 g/mol. The number of nitrogens with one attached hydrogen (secondary N) is 2. The predicted octanol–water partition coefficient (Wildman–Crippen LogP) is 1.29. The quantitative estimate of drug-likeness (QED) is 0.640. The lowest BCUT2D eigenvalue weighted by molar-refractivity contribution is 0.235. The fourth-order valence-electron chi connectivity index (χ4n) is 1.93. The topological polar surface area (TPSA) is 24.1 Å². The summed E-state index contributed by atoms with van der Waals surface area (Å²) in [6.45, 7) is 7.94. The molecular weight excluding hydrogens is 160 g/mol. The van der Waals surface area contributed by atoms with E-state index in [-0.39, 0.29) is 0 Å². The van der Waals surface area contributed by atoms with E-state index < -0.39 is 0 Å². The van der Waals surface area contributed by atoms with Crippen molar-refractivity contribution in [1.29, 1.82) is 0 Å². The Hall–Kier alpha value is -0.340. The fraction of sp³-hybridized carbons (Fsp3) is 0.818. The minimum Gasteiger partial charge on any atom is -0.310 e. The van der Waals surface area contributed by atoms with Crippen LogP contribution in [0.5, 0.6) is 0 Å². The highest BCUT2D eigenvalue weighted by Crippen LogP contribution is 2.26. The van der Waals surface area contributed by atoms with Gasteiger partial charge in [-0.3, -0.25) is 0 Å². The summed E-state index contributed by atoms with van der Waals surface area (Å²) in [5.74, 6) is 0.900. The van der Waals surface area contributed by atoms with Gasteiger partial charge in [0.05, 0.1) is 0 Å². The van der Waals surface area contributed by atoms with Crippen molar-refractivity contribution in [2.45, 2.75) is 32.7 Å². The first-order chi connectivity index (χ1) is 6.27. The highest BCUT2D eigenvalue weighted by Gasteiger charge is 2.25. The van der Waals surface area contributed by atoms with Crippen LogP contribution in [-0.2, 0) is 0 Å². The van der Waals surface area contributed by atoms with E-state index in [4.69, 9.17) is 0 Å². The molecule has 0 amide bonds. The first-order valence-corrected chi connectivity index (χ1v) is 5.39. The molecule has 0 radical (unpaired) electrons. The van der Waals surface area contributed by atoms with Crippen LogP contribution in [0.2, 0.25) is 0 Å². The van der Waals surface area contributed by atoms with Gasteiger partial charge in [-0.25, -0.2) is 0 Å². The molecule has 1 aliphatic carbocycles. The van der Waals surface area contributed by atoms with Gasteiger partial charge in [0.1, 0.15) is 0 Å². The van der Waals surface area contributed by atoms with Crippen LogP contribution in [0.1, 0.15) is 26.7 Å². The van der Waals surface area contributed by atoms with Crippen molar-refractivity contribution < 1.29 is 0 Å². The van der Waals surface area contributed by atoms with Gasteiger partial charge in [0.15, 0.2) is 0 Å². The van der Waals surface area contributed by atoms with Gasteiger partial charge in [-0.15, -0.1) is 0 Å². The largest absolute Gasteiger partial charge is 0.310 e. The van der Waals surface area contributed by atoms with Crippen LogP contribution >= 0.6 is 0 Å². The van der Waals surface area contributed by atoms with Crippen LogP contribution in [0, 0.1) is 5.92 Å². The summed E-state index contributed by atoms with van der Waals surface area (Å²) >= 11 is 0. The molecule has 1 heterocycles. The third kappa shape index (κ3) is 1.94. The zero-order valence-corrected chi connectivity index (χ0v) is 8.69. The van der Waals surface area contributed by atoms with E-state index in [0.717, 1.165) is 31.6 Å². The van der Waals surface area contributed by atoms with Crippen LogP contribution in [0.25, 0.3) is 0 Å². The molecule has 1 aliphatic heterocycles. The van der Waals surface area contributed by atoms with Gasteiger partial charge in [-0.1, -0.05) is 12.5 Å². The van der Waals surface area contributed by atoms with Crippen LogP contribution < -0.4 is 10.6 Å². The fourth-order valence-corrected chi connectivity index (χ4v) is 1.93. The summed E-state index contributed by atoms with van der Waals surface area (Å²) in [4.78, 5) is 0. The van der Waals surface area contributed by atoms with Gasteiger partial charge in [-0.05, 0) is 31.3 Å². The molecule has 74 valence electrons. The van der Waals surface area contributed by atoms with Crippen molar-refractivity contribution in [3.05, 3.63) is 11.1 Å². The zero-order valence-electron chi connectivity index (χ0n) is 8.69. The third-order valence-electron chi connectivity index (χ3n) is 3.53. The standard InChI is InChI=1S/C11H20N2/c1-8-3-4-11(8)13-5-9(2)10-6-12-7-10/h8,11-13H,3-7H2,1-2H3. The Morgan fingerprint density at radius 2 is 2.23 bits per heavy atom. The van der Waals surface area contributed by atoms with Crippen molar-refractivity contribution in [3.8, 4) is 0 Å². The molecule has 2 rings (SSSR count). The molecule has 2 unspecified atom stereocenters. The molecule has 0 aromatic carbocycles. The maximum Gasteiger partial charge on any atom is 0.0183 e. The maximum absolute atomic E-state index is 3.63. The zero-order chi connectivity index (χ0) is 9.26. The summed E-state index contributed by atoms with van der Waals surface area (Å²) in [6, 6.07) is 0.795. The van der Waals surface area contributed by atoms with Crippen LogP contribution in [0.4, 0.5) is 0 Å². The van der Waals surface area contributed by atoms with E-state index in [1.807, 2.05) is 0 Å². The Kier molecular flexibility index (Phi) is 2.70. The Morgan fingerprint density at radius 1 is 1.46 bits per heavy atom. The van der Waals surface area contributed by atoms with Gasteiger partial charge in [0.2, 0.25) is 0 Å². The third-order valence-corrected chi connectivity index (χ3v) is 3.53. The smallest absolute Gasteiger partial charge is 0.0183 e. The molecule has 2 aliphatic rings. The highest BCUT2D eigenvalue weighted by molar-refractivity contribution is 5.22. The van der Waals surface area contributed by atoms with Gasteiger partial charge in [0, 0.05) is 25.7 Å². The lowest BCUT2D eigenvalue weighted by atomic mass is 9.81. The van der Waals surface area contributed by atoms with Gasteiger partial charge in [-0.2, -0.15) is 0 Å². The summed E-state index contributed by atoms with van der Waals surface area (Å²) < 4.78 is 0. The molecule has 1 saturated heterocycles. The molecule has 2 nitrogen and oxygen atoms in total. The first-order valence-electron chi connectivity index (χ1n) is 5.39. The number of hydrogen-bond acceptors (Lipinski definition) is 2. The van der Waals surface area contributed by atoms with Crippen molar-refractivity contribution in [1.82, 2.24) is 10.6 Å². The summed E-state index contributed by atoms with van der Waals surface area (Å²) in [5.41, 5.74) is 3.16. The van der Waals surface area contributed by atoms with E-state index in [9.17, 15) is 0 Å². The molecule has 2 fully saturated rings. The van der Waals surface area contributed by atoms with Gasteiger partial charge in [0.25, 0.3) is 0 Å². The van der Waals surface area contributed by atoms with E-state index >= 15 is 0 Å². The molecular formula is C11H20N2. The van der Waals surface area contributed by atoms with E-state index in [0.29, 0.717) is 0 Å². The monoisotopic (exact) mass is 180 g/mol. The molecule has 2 N–H and O–H groups in total. The van der Waals surface area contributed by atoms with Crippen molar-refractivity contribution >= 4 is 0 Å². The SMILES string of the molecule is CC(CNC1CCC1C)=C1CNC1. The van der Waals surface area contributed by atoms with E-state index in [1.165, 1.54) is 12.8 Å². The van der Waals surface area contributed by atoms with E-state index in [2.05, 4.69) is 24.5 Å². The average Bonchev–Trinajstić information content (AvgIpc) is 1.99. The van der Waals surface area contributed by atoms with E-state index in [1.54, 1.807) is 11.1 Å². The highest BCUT2D eigenvalue weighted by atomic mass is 15.0. The van der Waals surface area contributed by atoms with Gasteiger partial charge >= 0.3 is 0 Å². The predicted molar refractivity (Wildman–Crippen MR) is 55.8 cm³/mol. The van der Waals surface area contributed by atoms with Crippen LogP contribution in [-0.4, -0.2) is 25.7 Å². The van der Waals surface area contributed by atoms with Crippen molar-refractivity contribution in [2.75, 3.05) is 19.6 Å². The second-order valence-corrected chi connectivity index (χ2v) is 4.53.